The van der Waals surface area contributed by atoms with Crippen LogP contribution in [0, 0.1) is 0 Å². The molecule has 146 valence electrons. The fraction of sp³-hybridized carbons (Fsp3) is 0.389. The number of thiophene rings is 1. The lowest BCUT2D eigenvalue weighted by molar-refractivity contribution is -0.121. The van der Waals surface area contributed by atoms with Gasteiger partial charge in [-0.15, -0.1) is 11.3 Å². The second-order valence-electron chi connectivity index (χ2n) is 6.54. The zero-order valence-electron chi connectivity index (χ0n) is 14.9. The number of hydrogen-bond acceptors (Lipinski definition) is 5. The fourth-order valence-corrected chi connectivity index (χ4v) is 5.79. The quantitative estimate of drug-likeness (QED) is 0.677. The number of amides is 1. The Balaban J connectivity index is 1.51. The van der Waals surface area contributed by atoms with Gasteiger partial charge in [0.25, 0.3) is 0 Å². The zero-order valence-corrected chi connectivity index (χ0v) is 18.1. The first-order chi connectivity index (χ1) is 12.8. The van der Waals surface area contributed by atoms with Crippen LogP contribution in [0.2, 0.25) is 0 Å². The summed E-state index contributed by atoms with van der Waals surface area (Å²) in [5, 5.41) is 4.68. The Bertz CT molecular complexity index is 879. The van der Waals surface area contributed by atoms with E-state index in [0.717, 1.165) is 10.2 Å². The molecule has 1 fully saturated rings. The Hall–Kier alpha value is -1.26. The van der Waals surface area contributed by atoms with Crippen molar-refractivity contribution in [1.29, 1.82) is 0 Å². The number of halogens is 1. The third-order valence-corrected chi connectivity index (χ3v) is 8.04. The highest BCUT2D eigenvalue weighted by Gasteiger charge is 2.29. The van der Waals surface area contributed by atoms with Gasteiger partial charge in [-0.25, -0.2) is 13.1 Å². The van der Waals surface area contributed by atoms with Crippen LogP contribution in [0.4, 0.5) is 5.69 Å². The normalized spacial score (nSPS) is 17.6. The summed E-state index contributed by atoms with van der Waals surface area (Å²) in [6, 6.07) is 10.4. The first kappa shape index (κ1) is 20.5. The molecule has 6 nitrogen and oxygen atoms in total. The van der Waals surface area contributed by atoms with Crippen LogP contribution in [-0.2, 0) is 14.8 Å². The predicted octanol–water partition coefficient (Wildman–Crippen LogP) is 3.28. The van der Waals surface area contributed by atoms with Gasteiger partial charge in [0.05, 0.1) is 6.04 Å². The van der Waals surface area contributed by atoms with Gasteiger partial charge in [0.1, 0.15) is 4.21 Å². The topological polar surface area (TPSA) is 78.5 Å². The van der Waals surface area contributed by atoms with E-state index in [1.54, 1.807) is 17.5 Å². The van der Waals surface area contributed by atoms with Crippen LogP contribution in [0.15, 0.2) is 50.5 Å². The molecule has 9 heteroatoms. The van der Waals surface area contributed by atoms with Crippen molar-refractivity contribution in [2.45, 2.75) is 36.1 Å². The maximum Gasteiger partial charge on any atom is 0.250 e. The number of benzene rings is 1. The van der Waals surface area contributed by atoms with Crippen molar-refractivity contribution in [1.82, 2.24) is 9.62 Å². The summed E-state index contributed by atoms with van der Waals surface area (Å²) < 4.78 is 28.7. The number of sulfonamides is 1. The van der Waals surface area contributed by atoms with E-state index >= 15 is 0 Å². The lowest BCUT2D eigenvalue weighted by atomic mass is 10.0. The number of nitrogens with one attached hydrogen (secondary N) is 2. The van der Waals surface area contributed by atoms with Gasteiger partial charge in [-0.2, -0.15) is 0 Å². The van der Waals surface area contributed by atoms with E-state index in [1.807, 2.05) is 31.2 Å². The number of nitrogens with zero attached hydrogens (tertiary/aromatic N) is 1. The van der Waals surface area contributed by atoms with E-state index in [2.05, 4.69) is 30.9 Å². The second-order valence-corrected chi connectivity index (χ2v) is 10.3. The van der Waals surface area contributed by atoms with Gasteiger partial charge in [-0.05, 0) is 49.4 Å². The van der Waals surface area contributed by atoms with Crippen LogP contribution in [0.1, 0.15) is 19.8 Å². The molecule has 0 aliphatic carbocycles. The summed E-state index contributed by atoms with van der Waals surface area (Å²) >= 11 is 4.61. The fourth-order valence-electron chi connectivity index (χ4n) is 3.08. The maximum atomic E-state index is 12.5. The molecule has 1 aromatic heterocycles. The van der Waals surface area contributed by atoms with E-state index in [0.29, 0.717) is 30.1 Å². The molecule has 0 bridgehead atoms. The Kier molecular flexibility index (Phi) is 6.69. The molecule has 0 radical (unpaired) electrons. The SMILES string of the molecule is CC(C(=O)Nc1cccc(Br)c1)N1CCC(NS(=O)(=O)c2cccs2)CC1. The van der Waals surface area contributed by atoms with Gasteiger partial charge < -0.3 is 5.32 Å². The predicted molar refractivity (Wildman–Crippen MR) is 111 cm³/mol. The number of hydrogen-bond donors (Lipinski definition) is 2. The molecule has 27 heavy (non-hydrogen) atoms. The molecule has 1 unspecified atom stereocenters. The molecule has 1 amide bonds. The number of carbonyl (C=O) groups is 1. The van der Waals surface area contributed by atoms with Crippen molar-refractivity contribution in [2.75, 3.05) is 18.4 Å². The highest BCUT2D eigenvalue weighted by atomic mass is 79.9. The first-order valence-electron chi connectivity index (χ1n) is 8.71. The van der Waals surface area contributed by atoms with Gasteiger partial charge >= 0.3 is 0 Å². The highest BCUT2D eigenvalue weighted by Crippen LogP contribution is 2.20. The van der Waals surface area contributed by atoms with Crippen molar-refractivity contribution >= 4 is 48.9 Å². The van der Waals surface area contributed by atoms with Crippen LogP contribution in [0.5, 0.6) is 0 Å². The summed E-state index contributed by atoms with van der Waals surface area (Å²) in [5.74, 6) is -0.0642. The van der Waals surface area contributed by atoms with E-state index in [1.165, 1.54) is 11.3 Å². The molecular formula is C18H22BrN3O3S2. The van der Waals surface area contributed by atoms with Crippen molar-refractivity contribution in [3.05, 3.63) is 46.3 Å². The van der Waals surface area contributed by atoms with Crippen LogP contribution < -0.4 is 10.0 Å². The van der Waals surface area contributed by atoms with Gasteiger partial charge in [0, 0.05) is 29.3 Å². The first-order valence-corrected chi connectivity index (χ1v) is 11.9. The summed E-state index contributed by atoms with van der Waals surface area (Å²) in [4.78, 5) is 14.6. The monoisotopic (exact) mass is 471 g/mol. The van der Waals surface area contributed by atoms with Crippen molar-refractivity contribution < 1.29 is 13.2 Å². The number of rotatable bonds is 6. The Morgan fingerprint density at radius 3 is 2.63 bits per heavy atom. The average molecular weight is 472 g/mol. The standard InChI is InChI=1S/C18H22BrN3O3S2/c1-13(18(23)20-16-5-2-4-14(19)12-16)22-9-7-15(8-10-22)21-27(24,25)17-6-3-11-26-17/h2-6,11-13,15,21H,7-10H2,1H3,(H,20,23). The van der Waals surface area contributed by atoms with Gasteiger partial charge in [-0.3, -0.25) is 9.69 Å². The molecule has 1 aliphatic rings. The third-order valence-electron chi connectivity index (χ3n) is 4.63. The van der Waals surface area contributed by atoms with E-state index in [-0.39, 0.29) is 18.0 Å². The van der Waals surface area contributed by atoms with Crippen molar-refractivity contribution in [3.63, 3.8) is 0 Å². The summed E-state index contributed by atoms with van der Waals surface area (Å²) in [7, 11) is -3.45. The van der Waals surface area contributed by atoms with Crippen LogP contribution in [-0.4, -0.2) is 44.4 Å². The van der Waals surface area contributed by atoms with E-state index < -0.39 is 10.0 Å². The molecule has 1 saturated heterocycles. The maximum absolute atomic E-state index is 12.5. The Morgan fingerprint density at radius 1 is 1.26 bits per heavy atom. The molecule has 1 aromatic carbocycles. The molecule has 2 heterocycles. The van der Waals surface area contributed by atoms with Crippen molar-refractivity contribution in [2.24, 2.45) is 0 Å². The summed E-state index contributed by atoms with van der Waals surface area (Å²) in [5.41, 5.74) is 0.750. The smallest absolute Gasteiger partial charge is 0.250 e. The molecule has 2 N–H and O–H groups in total. The molecule has 0 saturated carbocycles. The molecule has 1 aliphatic heterocycles. The molecule has 3 rings (SSSR count). The van der Waals surface area contributed by atoms with E-state index in [4.69, 9.17) is 0 Å². The van der Waals surface area contributed by atoms with E-state index in [9.17, 15) is 13.2 Å². The second kappa shape index (κ2) is 8.83. The molecule has 1 atom stereocenters. The lowest BCUT2D eigenvalue weighted by Gasteiger charge is -2.35. The number of anilines is 1. The van der Waals surface area contributed by atoms with Gasteiger partial charge in [-0.1, -0.05) is 28.1 Å². The highest BCUT2D eigenvalue weighted by molar-refractivity contribution is 9.10. The van der Waals surface area contributed by atoms with Crippen LogP contribution in [0.3, 0.4) is 0 Å². The minimum absolute atomic E-state index is 0.0642. The number of likely N-dealkylation sites (tertiary alicyclic amines) is 1. The largest absolute Gasteiger partial charge is 0.325 e. The van der Waals surface area contributed by atoms with Crippen molar-refractivity contribution in [3.8, 4) is 0 Å². The minimum atomic E-state index is -3.45. The number of carbonyl (C=O) groups excluding carboxylic acids is 1. The van der Waals surface area contributed by atoms with Crippen LogP contribution >= 0.6 is 27.3 Å². The molecular weight excluding hydrogens is 450 g/mol. The van der Waals surface area contributed by atoms with Crippen LogP contribution in [0.25, 0.3) is 0 Å². The van der Waals surface area contributed by atoms with Gasteiger partial charge in [0.15, 0.2) is 0 Å². The van der Waals surface area contributed by atoms with Gasteiger partial charge in [0.2, 0.25) is 15.9 Å². The number of piperidine rings is 1. The summed E-state index contributed by atoms with van der Waals surface area (Å²) in [6.45, 7) is 3.22. The average Bonchev–Trinajstić information content (AvgIpc) is 3.17. The zero-order chi connectivity index (χ0) is 19.4. The molecule has 0 spiro atoms. The summed E-state index contributed by atoms with van der Waals surface area (Å²) in [6.07, 6.45) is 1.36. The Morgan fingerprint density at radius 2 is 2.00 bits per heavy atom. The third kappa shape index (κ3) is 5.39. The lowest BCUT2D eigenvalue weighted by Crippen LogP contribution is -2.50. The Labute approximate surface area is 172 Å². The minimum Gasteiger partial charge on any atom is -0.325 e. The molecule has 2 aromatic rings.